The summed E-state index contributed by atoms with van der Waals surface area (Å²) in [5, 5.41) is 1.06. The van der Waals surface area contributed by atoms with Crippen molar-refractivity contribution in [2.24, 2.45) is 5.73 Å². The second-order valence-corrected chi connectivity index (χ2v) is 5.71. The Morgan fingerprint density at radius 1 is 1.20 bits per heavy atom. The minimum atomic E-state index is 0.573. The van der Waals surface area contributed by atoms with Gasteiger partial charge in [-0.2, -0.15) is 0 Å². The largest absolute Gasteiger partial charge is 0.385 e. The molecule has 1 heterocycles. The molecule has 0 saturated carbocycles. The molecule has 6 heteroatoms. The Labute approximate surface area is 126 Å². The van der Waals surface area contributed by atoms with Crippen LogP contribution < -0.4 is 10.6 Å². The molecule has 2 N–H and O–H groups in total. The van der Waals surface area contributed by atoms with Gasteiger partial charge in [0.05, 0.1) is 12.3 Å². The lowest BCUT2D eigenvalue weighted by Gasteiger charge is -2.21. The van der Waals surface area contributed by atoms with Crippen molar-refractivity contribution >= 4 is 16.5 Å². The molecule has 0 fully saturated rings. The van der Waals surface area contributed by atoms with Gasteiger partial charge in [-0.15, -0.1) is 11.3 Å². The highest BCUT2D eigenvalue weighted by molar-refractivity contribution is 7.15. The highest BCUT2D eigenvalue weighted by atomic mass is 32.1. The van der Waals surface area contributed by atoms with E-state index in [9.17, 15) is 0 Å². The van der Waals surface area contributed by atoms with Crippen LogP contribution in [0.15, 0.2) is 0 Å². The molecule has 1 aromatic heterocycles. The van der Waals surface area contributed by atoms with E-state index in [0.717, 1.165) is 49.8 Å². The molecule has 0 saturated heterocycles. The van der Waals surface area contributed by atoms with Crippen LogP contribution in [0.25, 0.3) is 0 Å². The number of nitrogens with two attached hydrogens (primary N) is 1. The summed E-state index contributed by atoms with van der Waals surface area (Å²) in [6.45, 7) is 5.99. The van der Waals surface area contributed by atoms with Gasteiger partial charge < -0.3 is 20.1 Å². The first kappa shape index (κ1) is 17.4. The van der Waals surface area contributed by atoms with Crippen molar-refractivity contribution in [2.75, 3.05) is 45.4 Å². The van der Waals surface area contributed by atoms with Gasteiger partial charge in [0.15, 0.2) is 5.13 Å². The van der Waals surface area contributed by atoms with Crippen LogP contribution in [-0.2, 0) is 22.4 Å². The lowest BCUT2D eigenvalue weighted by Crippen LogP contribution is -2.28. The zero-order valence-corrected chi connectivity index (χ0v) is 13.7. The van der Waals surface area contributed by atoms with Crippen molar-refractivity contribution in [3.05, 3.63) is 10.6 Å². The summed E-state index contributed by atoms with van der Waals surface area (Å²) in [7, 11) is 3.46. The molecule has 116 valence electrons. The quantitative estimate of drug-likeness (QED) is 0.634. The molecule has 1 aromatic rings. The standard InChI is InChI=1S/C14H27N3O2S/c1-4-6-12-13(11-15)20-14(16-12)17(8-10-19-3)7-5-9-18-2/h4-11,15H2,1-3H3. The van der Waals surface area contributed by atoms with Crippen LogP contribution in [-0.4, -0.2) is 45.5 Å². The number of rotatable bonds is 11. The van der Waals surface area contributed by atoms with Crippen molar-refractivity contribution in [3.8, 4) is 0 Å². The summed E-state index contributed by atoms with van der Waals surface area (Å²) >= 11 is 1.71. The molecule has 5 nitrogen and oxygen atoms in total. The lowest BCUT2D eigenvalue weighted by molar-refractivity contribution is 0.191. The van der Waals surface area contributed by atoms with E-state index in [-0.39, 0.29) is 0 Å². The SMILES string of the molecule is CCCc1nc(N(CCCOC)CCOC)sc1CN. The van der Waals surface area contributed by atoms with Crippen molar-refractivity contribution in [1.29, 1.82) is 0 Å². The first-order valence-corrected chi connectivity index (χ1v) is 7.99. The van der Waals surface area contributed by atoms with Crippen LogP contribution in [0.5, 0.6) is 0 Å². The van der Waals surface area contributed by atoms with E-state index in [2.05, 4.69) is 11.8 Å². The molecule has 0 aliphatic rings. The van der Waals surface area contributed by atoms with Gasteiger partial charge in [-0.25, -0.2) is 4.98 Å². The number of anilines is 1. The van der Waals surface area contributed by atoms with Crippen molar-refractivity contribution < 1.29 is 9.47 Å². The molecule has 20 heavy (non-hydrogen) atoms. The Kier molecular flexibility index (Phi) is 8.77. The topological polar surface area (TPSA) is 60.6 Å². The third-order valence-corrected chi connectivity index (χ3v) is 4.23. The third kappa shape index (κ3) is 5.36. The monoisotopic (exact) mass is 301 g/mol. The van der Waals surface area contributed by atoms with Gasteiger partial charge in [-0.05, 0) is 12.8 Å². The average molecular weight is 301 g/mol. The Morgan fingerprint density at radius 3 is 2.55 bits per heavy atom. The van der Waals surface area contributed by atoms with Gasteiger partial charge in [0, 0.05) is 45.3 Å². The van der Waals surface area contributed by atoms with Crippen molar-refractivity contribution in [3.63, 3.8) is 0 Å². The Hall–Kier alpha value is -0.690. The molecule has 0 atom stereocenters. The number of aryl methyl sites for hydroxylation is 1. The van der Waals surface area contributed by atoms with Crippen molar-refractivity contribution in [1.82, 2.24) is 4.98 Å². The van der Waals surface area contributed by atoms with Gasteiger partial charge in [0.1, 0.15) is 0 Å². The Bertz CT molecular complexity index is 371. The second kappa shape index (κ2) is 10.1. The summed E-state index contributed by atoms with van der Waals surface area (Å²) < 4.78 is 10.3. The molecule has 0 aliphatic carbocycles. The molecule has 0 spiro atoms. The van der Waals surface area contributed by atoms with Crippen molar-refractivity contribution in [2.45, 2.75) is 32.7 Å². The molecule has 0 unspecified atom stereocenters. The highest BCUT2D eigenvalue weighted by Gasteiger charge is 2.15. The first-order valence-electron chi connectivity index (χ1n) is 7.18. The predicted molar refractivity (Wildman–Crippen MR) is 84.6 cm³/mol. The van der Waals surface area contributed by atoms with Crippen LogP contribution in [0.2, 0.25) is 0 Å². The normalized spacial score (nSPS) is 11.0. The van der Waals surface area contributed by atoms with Gasteiger partial charge >= 0.3 is 0 Å². The third-order valence-electron chi connectivity index (χ3n) is 3.05. The van der Waals surface area contributed by atoms with E-state index < -0.39 is 0 Å². The van der Waals surface area contributed by atoms with E-state index in [1.54, 1.807) is 25.6 Å². The predicted octanol–water partition coefficient (Wildman–Crippen LogP) is 2.04. The average Bonchev–Trinajstić information content (AvgIpc) is 2.86. The van der Waals surface area contributed by atoms with Gasteiger partial charge in [-0.1, -0.05) is 13.3 Å². The van der Waals surface area contributed by atoms with E-state index in [0.29, 0.717) is 13.2 Å². The van der Waals surface area contributed by atoms with Crippen LogP contribution in [0.1, 0.15) is 30.3 Å². The number of hydrogen-bond donors (Lipinski definition) is 1. The summed E-state index contributed by atoms with van der Waals surface area (Å²) in [5.41, 5.74) is 6.98. The second-order valence-electron chi connectivity index (χ2n) is 4.65. The van der Waals surface area contributed by atoms with Crippen LogP contribution >= 0.6 is 11.3 Å². The van der Waals surface area contributed by atoms with Crippen LogP contribution in [0.4, 0.5) is 5.13 Å². The fourth-order valence-electron chi connectivity index (χ4n) is 2.00. The molecular weight excluding hydrogens is 274 g/mol. The number of aromatic nitrogens is 1. The number of hydrogen-bond acceptors (Lipinski definition) is 6. The number of nitrogens with zero attached hydrogens (tertiary/aromatic N) is 2. The van der Waals surface area contributed by atoms with Gasteiger partial charge in [0.2, 0.25) is 0 Å². The molecule has 0 amide bonds. The Balaban J connectivity index is 2.76. The maximum Gasteiger partial charge on any atom is 0.185 e. The zero-order chi connectivity index (χ0) is 14.8. The smallest absolute Gasteiger partial charge is 0.185 e. The summed E-state index contributed by atoms with van der Waals surface area (Å²) in [5.74, 6) is 0. The van der Waals surface area contributed by atoms with Crippen LogP contribution in [0, 0.1) is 0 Å². The van der Waals surface area contributed by atoms with E-state index in [1.807, 2.05) is 0 Å². The van der Waals surface area contributed by atoms with Gasteiger partial charge in [0.25, 0.3) is 0 Å². The highest BCUT2D eigenvalue weighted by Crippen LogP contribution is 2.27. The van der Waals surface area contributed by atoms with E-state index >= 15 is 0 Å². The maximum absolute atomic E-state index is 5.82. The van der Waals surface area contributed by atoms with Gasteiger partial charge in [-0.3, -0.25) is 0 Å². The zero-order valence-electron chi connectivity index (χ0n) is 12.9. The molecule has 0 bridgehead atoms. The summed E-state index contributed by atoms with van der Waals surface area (Å²) in [4.78, 5) is 8.24. The molecule has 1 rings (SSSR count). The van der Waals surface area contributed by atoms with E-state index in [4.69, 9.17) is 20.2 Å². The summed E-state index contributed by atoms with van der Waals surface area (Å²) in [6, 6.07) is 0. The fourth-order valence-corrected chi connectivity index (χ4v) is 3.04. The maximum atomic E-state index is 5.82. The Morgan fingerprint density at radius 2 is 1.95 bits per heavy atom. The molecule has 0 aliphatic heterocycles. The van der Waals surface area contributed by atoms with E-state index in [1.165, 1.54) is 4.88 Å². The molecule has 0 radical (unpaired) electrons. The first-order chi connectivity index (χ1) is 9.76. The number of ether oxygens (including phenoxy) is 2. The minimum absolute atomic E-state index is 0.573. The molecular formula is C14H27N3O2S. The number of methoxy groups -OCH3 is 2. The fraction of sp³-hybridized carbons (Fsp3) is 0.786. The number of thiazole rings is 1. The minimum Gasteiger partial charge on any atom is -0.385 e. The molecule has 0 aromatic carbocycles. The lowest BCUT2D eigenvalue weighted by atomic mass is 10.2. The van der Waals surface area contributed by atoms with Crippen LogP contribution in [0.3, 0.4) is 0 Å². The summed E-state index contributed by atoms with van der Waals surface area (Å²) in [6.07, 6.45) is 3.08.